The van der Waals surface area contributed by atoms with Crippen molar-refractivity contribution in [2.45, 2.75) is 19.4 Å². The van der Waals surface area contributed by atoms with Gasteiger partial charge in [0.05, 0.1) is 16.6 Å². The highest BCUT2D eigenvalue weighted by Gasteiger charge is 2.26. The molecule has 5 heteroatoms. The molecule has 1 fully saturated rings. The molecule has 1 heterocycles. The molecule has 2 aromatic carbocycles. The lowest BCUT2D eigenvalue weighted by molar-refractivity contribution is -0.121. The Morgan fingerprint density at radius 2 is 1.96 bits per heavy atom. The number of amides is 1. The Hall–Kier alpha value is -1.55. The number of carbonyl (C=O) groups is 1. The molecule has 1 saturated heterocycles. The molecule has 0 bridgehead atoms. The molecule has 1 aliphatic rings. The topological polar surface area (TPSA) is 32.3 Å². The van der Waals surface area contributed by atoms with Crippen LogP contribution in [0.25, 0.3) is 0 Å². The third-order valence-electron chi connectivity index (χ3n) is 4.31. The van der Waals surface area contributed by atoms with Gasteiger partial charge >= 0.3 is 0 Å². The molecule has 24 heavy (non-hydrogen) atoms. The monoisotopic (exact) mass is 362 g/mol. The van der Waals surface area contributed by atoms with Gasteiger partial charge < -0.3 is 5.32 Å². The average molecular weight is 363 g/mol. The largest absolute Gasteiger partial charge is 0.324 e. The van der Waals surface area contributed by atoms with Gasteiger partial charge in [-0.2, -0.15) is 0 Å². The number of anilines is 1. The van der Waals surface area contributed by atoms with Crippen molar-refractivity contribution in [1.29, 1.82) is 0 Å². The lowest BCUT2D eigenvalue weighted by Gasteiger charge is -2.32. The van der Waals surface area contributed by atoms with Crippen LogP contribution in [0, 0.1) is 5.92 Å². The first-order valence-electron chi connectivity index (χ1n) is 8.14. The highest BCUT2D eigenvalue weighted by Crippen LogP contribution is 2.27. The van der Waals surface area contributed by atoms with Gasteiger partial charge in [-0.25, -0.2) is 0 Å². The van der Waals surface area contributed by atoms with E-state index in [0.29, 0.717) is 15.7 Å². The highest BCUT2D eigenvalue weighted by atomic mass is 35.5. The van der Waals surface area contributed by atoms with E-state index >= 15 is 0 Å². The second kappa shape index (κ2) is 8.02. The molecule has 0 saturated carbocycles. The van der Waals surface area contributed by atoms with E-state index in [2.05, 4.69) is 22.3 Å². The fourth-order valence-electron chi connectivity index (χ4n) is 3.08. The summed E-state index contributed by atoms with van der Waals surface area (Å²) in [5, 5.41) is 3.96. The molecule has 0 aromatic heterocycles. The van der Waals surface area contributed by atoms with Crippen molar-refractivity contribution in [2.24, 2.45) is 5.92 Å². The van der Waals surface area contributed by atoms with Gasteiger partial charge in [-0.3, -0.25) is 9.69 Å². The third-order valence-corrected chi connectivity index (χ3v) is 4.86. The highest BCUT2D eigenvalue weighted by molar-refractivity contribution is 6.36. The van der Waals surface area contributed by atoms with Crippen LogP contribution in [0.5, 0.6) is 0 Å². The van der Waals surface area contributed by atoms with Crippen LogP contribution in [-0.2, 0) is 11.3 Å². The maximum atomic E-state index is 12.6. The van der Waals surface area contributed by atoms with E-state index in [1.165, 1.54) is 5.56 Å². The van der Waals surface area contributed by atoms with Crippen LogP contribution in [0.3, 0.4) is 0 Å². The van der Waals surface area contributed by atoms with E-state index in [0.717, 1.165) is 32.5 Å². The summed E-state index contributed by atoms with van der Waals surface area (Å²) >= 11 is 12.0. The van der Waals surface area contributed by atoms with Crippen molar-refractivity contribution < 1.29 is 4.79 Å². The Kier molecular flexibility index (Phi) is 5.77. The second-order valence-electron chi connectivity index (χ2n) is 6.17. The van der Waals surface area contributed by atoms with E-state index < -0.39 is 0 Å². The summed E-state index contributed by atoms with van der Waals surface area (Å²) in [5.74, 6) is 0.00573. The minimum absolute atomic E-state index is 0.0193. The number of piperidine rings is 1. The van der Waals surface area contributed by atoms with E-state index in [-0.39, 0.29) is 11.8 Å². The zero-order valence-electron chi connectivity index (χ0n) is 13.3. The molecular weight excluding hydrogens is 343 g/mol. The SMILES string of the molecule is O=C(Nc1ccc(Cl)cc1Cl)[C@@H]1CCCN(Cc2ccccc2)C1. The molecule has 0 spiro atoms. The number of nitrogens with one attached hydrogen (secondary N) is 1. The molecule has 3 nitrogen and oxygen atoms in total. The Morgan fingerprint density at radius 1 is 1.17 bits per heavy atom. The summed E-state index contributed by atoms with van der Waals surface area (Å²) in [6.45, 7) is 2.68. The summed E-state index contributed by atoms with van der Waals surface area (Å²) in [7, 11) is 0. The van der Waals surface area contributed by atoms with E-state index in [9.17, 15) is 4.79 Å². The summed E-state index contributed by atoms with van der Waals surface area (Å²) in [4.78, 5) is 14.9. The van der Waals surface area contributed by atoms with Crippen molar-refractivity contribution in [1.82, 2.24) is 4.90 Å². The number of hydrogen-bond donors (Lipinski definition) is 1. The molecule has 1 amide bonds. The van der Waals surface area contributed by atoms with Crippen LogP contribution in [0.1, 0.15) is 18.4 Å². The zero-order chi connectivity index (χ0) is 16.9. The van der Waals surface area contributed by atoms with E-state index in [1.807, 2.05) is 18.2 Å². The number of hydrogen-bond acceptors (Lipinski definition) is 2. The summed E-state index contributed by atoms with van der Waals surface area (Å²) in [5.41, 5.74) is 1.89. The van der Waals surface area contributed by atoms with Crippen molar-refractivity contribution in [3.63, 3.8) is 0 Å². The minimum Gasteiger partial charge on any atom is -0.324 e. The van der Waals surface area contributed by atoms with Crippen molar-refractivity contribution in [2.75, 3.05) is 18.4 Å². The number of likely N-dealkylation sites (tertiary alicyclic amines) is 1. The summed E-state index contributed by atoms with van der Waals surface area (Å²) < 4.78 is 0. The number of carbonyl (C=O) groups excluding carboxylic acids is 1. The lowest BCUT2D eigenvalue weighted by Crippen LogP contribution is -2.40. The first-order valence-corrected chi connectivity index (χ1v) is 8.89. The first kappa shape index (κ1) is 17.3. The van der Waals surface area contributed by atoms with Gasteiger partial charge in [-0.15, -0.1) is 0 Å². The molecule has 1 aliphatic heterocycles. The van der Waals surface area contributed by atoms with Gasteiger partial charge in [-0.05, 0) is 43.1 Å². The fraction of sp³-hybridized carbons (Fsp3) is 0.316. The maximum Gasteiger partial charge on any atom is 0.228 e. The van der Waals surface area contributed by atoms with Crippen LogP contribution in [0.4, 0.5) is 5.69 Å². The third kappa shape index (κ3) is 4.50. The van der Waals surface area contributed by atoms with Crippen LogP contribution in [0.15, 0.2) is 48.5 Å². The number of nitrogens with zero attached hydrogens (tertiary/aromatic N) is 1. The minimum atomic E-state index is -0.0193. The Balaban J connectivity index is 1.60. The van der Waals surface area contributed by atoms with E-state index in [1.54, 1.807) is 18.2 Å². The van der Waals surface area contributed by atoms with Gasteiger partial charge in [0.1, 0.15) is 0 Å². The zero-order valence-corrected chi connectivity index (χ0v) is 14.9. The Labute approximate surface area is 152 Å². The van der Waals surface area contributed by atoms with Gasteiger partial charge in [0.15, 0.2) is 0 Å². The molecule has 0 aliphatic carbocycles. The molecule has 0 radical (unpaired) electrons. The average Bonchev–Trinajstić information content (AvgIpc) is 2.58. The Bertz CT molecular complexity index is 706. The Morgan fingerprint density at radius 3 is 2.71 bits per heavy atom. The summed E-state index contributed by atoms with van der Waals surface area (Å²) in [6, 6.07) is 15.5. The van der Waals surface area contributed by atoms with Crippen molar-refractivity contribution in [3.8, 4) is 0 Å². The van der Waals surface area contributed by atoms with Gasteiger partial charge in [0.25, 0.3) is 0 Å². The number of benzene rings is 2. The predicted molar refractivity (Wildman–Crippen MR) is 99.5 cm³/mol. The van der Waals surface area contributed by atoms with Gasteiger partial charge in [0, 0.05) is 18.1 Å². The second-order valence-corrected chi connectivity index (χ2v) is 7.02. The molecule has 1 atom stereocenters. The molecule has 2 aromatic rings. The predicted octanol–water partition coefficient (Wildman–Crippen LogP) is 4.84. The molecule has 1 N–H and O–H groups in total. The van der Waals surface area contributed by atoms with Crippen LogP contribution in [0.2, 0.25) is 10.0 Å². The number of rotatable bonds is 4. The summed E-state index contributed by atoms with van der Waals surface area (Å²) in [6.07, 6.45) is 1.93. The van der Waals surface area contributed by atoms with Gasteiger partial charge in [0.2, 0.25) is 5.91 Å². The van der Waals surface area contributed by atoms with Crippen LogP contribution in [-0.4, -0.2) is 23.9 Å². The molecular formula is C19H20Cl2N2O. The smallest absolute Gasteiger partial charge is 0.228 e. The fourth-order valence-corrected chi connectivity index (χ4v) is 3.54. The van der Waals surface area contributed by atoms with Crippen molar-refractivity contribution >= 4 is 34.8 Å². The van der Waals surface area contributed by atoms with E-state index in [4.69, 9.17) is 23.2 Å². The molecule has 126 valence electrons. The van der Waals surface area contributed by atoms with Gasteiger partial charge in [-0.1, -0.05) is 53.5 Å². The lowest BCUT2D eigenvalue weighted by atomic mass is 9.96. The quantitative estimate of drug-likeness (QED) is 0.843. The normalized spacial score (nSPS) is 18.3. The molecule has 3 rings (SSSR count). The number of halogens is 2. The van der Waals surface area contributed by atoms with Crippen molar-refractivity contribution in [3.05, 3.63) is 64.1 Å². The molecule has 0 unspecified atom stereocenters. The van der Waals surface area contributed by atoms with Crippen LogP contribution < -0.4 is 5.32 Å². The maximum absolute atomic E-state index is 12.6. The first-order chi connectivity index (χ1) is 11.6. The van der Waals surface area contributed by atoms with Crippen LogP contribution >= 0.6 is 23.2 Å². The standard InChI is InChI=1S/C19H20Cl2N2O/c20-16-8-9-18(17(21)11-16)22-19(24)15-7-4-10-23(13-15)12-14-5-2-1-3-6-14/h1-3,5-6,8-9,11,15H,4,7,10,12-13H2,(H,22,24)/t15-/m1/s1.